The van der Waals surface area contributed by atoms with Crippen LogP contribution in [0.2, 0.25) is 5.02 Å². The molecular weight excluding hydrogens is 273 g/mol. The van der Waals surface area contributed by atoms with Gasteiger partial charge in [0, 0.05) is 11.8 Å². The Bertz CT molecular complexity index is 568. The molecule has 0 amide bonds. The van der Waals surface area contributed by atoms with Crippen molar-refractivity contribution >= 4 is 23.1 Å². The number of nitrogens with one attached hydrogen (secondary N) is 1. The van der Waals surface area contributed by atoms with E-state index in [1.165, 1.54) is 24.5 Å². The van der Waals surface area contributed by atoms with Crippen LogP contribution in [-0.4, -0.2) is 28.3 Å². The van der Waals surface area contributed by atoms with Gasteiger partial charge in [-0.15, -0.1) is 0 Å². The van der Waals surface area contributed by atoms with Gasteiger partial charge in [-0.1, -0.05) is 11.6 Å². The summed E-state index contributed by atoms with van der Waals surface area (Å²) >= 11 is 5.68. The molecule has 1 aromatic carbocycles. The third-order valence-corrected chi connectivity index (χ3v) is 2.46. The predicted molar refractivity (Wildman–Crippen MR) is 69.3 cm³/mol. The van der Waals surface area contributed by atoms with E-state index in [1.54, 1.807) is 6.07 Å². The van der Waals surface area contributed by atoms with Crippen LogP contribution >= 0.6 is 11.6 Å². The van der Waals surface area contributed by atoms with E-state index in [9.17, 15) is 4.39 Å². The third-order valence-electron chi connectivity index (χ3n) is 2.18. The largest absolute Gasteiger partial charge is 0.475 e. The van der Waals surface area contributed by atoms with Crippen LogP contribution in [0.5, 0.6) is 5.88 Å². The van der Waals surface area contributed by atoms with E-state index in [-0.39, 0.29) is 18.2 Å². The van der Waals surface area contributed by atoms with Crippen molar-refractivity contribution in [1.29, 1.82) is 0 Å². The molecule has 0 saturated heterocycles. The van der Waals surface area contributed by atoms with E-state index < -0.39 is 5.82 Å². The number of benzene rings is 1. The summed E-state index contributed by atoms with van der Waals surface area (Å²) in [6, 6.07) is 5.81. The fraction of sp³-hybridized carbons (Fsp3) is 0.167. The molecule has 0 unspecified atom stereocenters. The highest BCUT2D eigenvalue weighted by atomic mass is 35.5. The summed E-state index contributed by atoms with van der Waals surface area (Å²) in [7, 11) is 0. The zero-order valence-corrected chi connectivity index (χ0v) is 10.6. The van der Waals surface area contributed by atoms with Crippen LogP contribution in [0.4, 0.5) is 15.9 Å². The maximum absolute atomic E-state index is 13.0. The van der Waals surface area contributed by atoms with Crippen molar-refractivity contribution in [3.8, 4) is 5.88 Å². The first kappa shape index (κ1) is 13.5. The molecule has 1 aromatic heterocycles. The smallest absolute Gasteiger partial charge is 0.218 e. The van der Waals surface area contributed by atoms with Gasteiger partial charge in [0.05, 0.1) is 11.6 Å². The monoisotopic (exact) mass is 283 g/mol. The molecule has 0 aliphatic carbocycles. The average molecular weight is 284 g/mol. The van der Waals surface area contributed by atoms with E-state index in [0.717, 1.165) is 0 Å². The van der Waals surface area contributed by atoms with Crippen LogP contribution < -0.4 is 10.1 Å². The van der Waals surface area contributed by atoms with Crippen molar-refractivity contribution in [2.24, 2.45) is 0 Å². The molecule has 0 saturated carbocycles. The van der Waals surface area contributed by atoms with Crippen molar-refractivity contribution in [2.75, 3.05) is 18.5 Å². The number of aliphatic hydroxyl groups excluding tert-OH is 1. The van der Waals surface area contributed by atoms with E-state index in [2.05, 4.69) is 15.3 Å². The van der Waals surface area contributed by atoms with Crippen LogP contribution in [0.1, 0.15) is 0 Å². The molecule has 7 heteroatoms. The zero-order valence-electron chi connectivity index (χ0n) is 9.81. The lowest BCUT2D eigenvalue weighted by atomic mass is 10.3. The van der Waals surface area contributed by atoms with Crippen LogP contribution in [-0.2, 0) is 0 Å². The van der Waals surface area contributed by atoms with E-state index in [0.29, 0.717) is 17.4 Å². The Balaban J connectivity index is 2.11. The van der Waals surface area contributed by atoms with E-state index >= 15 is 0 Å². The standard InChI is InChI=1S/C12H11ClFN3O2/c13-9-5-8(1-2-10(9)14)17-11-6-12(16-7-15-11)19-4-3-18/h1-2,5-7,18H,3-4H2,(H,15,16,17). The lowest BCUT2D eigenvalue weighted by Gasteiger charge is -2.08. The summed E-state index contributed by atoms with van der Waals surface area (Å²) in [6.45, 7) is 0.0547. The number of aliphatic hydroxyl groups is 1. The number of ether oxygens (including phenoxy) is 1. The highest BCUT2D eigenvalue weighted by Crippen LogP contribution is 2.22. The molecule has 0 aliphatic heterocycles. The quantitative estimate of drug-likeness (QED) is 0.882. The number of hydrogen-bond acceptors (Lipinski definition) is 5. The SMILES string of the molecule is OCCOc1cc(Nc2ccc(F)c(Cl)c2)ncn1. The van der Waals surface area contributed by atoms with Gasteiger partial charge in [-0.3, -0.25) is 0 Å². The molecule has 2 rings (SSSR count). The Morgan fingerprint density at radius 3 is 2.89 bits per heavy atom. The molecule has 19 heavy (non-hydrogen) atoms. The first-order valence-corrected chi connectivity index (χ1v) is 5.84. The molecule has 2 aromatic rings. The molecular formula is C12H11ClFN3O2. The van der Waals surface area contributed by atoms with Gasteiger partial charge in [0.1, 0.15) is 24.6 Å². The minimum Gasteiger partial charge on any atom is -0.475 e. The summed E-state index contributed by atoms with van der Waals surface area (Å²) in [5, 5.41) is 11.6. The number of aromatic nitrogens is 2. The molecule has 0 atom stereocenters. The van der Waals surface area contributed by atoms with Gasteiger partial charge < -0.3 is 15.2 Å². The highest BCUT2D eigenvalue weighted by Gasteiger charge is 2.03. The van der Waals surface area contributed by atoms with Crippen molar-refractivity contribution in [1.82, 2.24) is 9.97 Å². The molecule has 1 heterocycles. The second-order valence-electron chi connectivity index (χ2n) is 3.57. The maximum Gasteiger partial charge on any atom is 0.218 e. The minimum absolute atomic E-state index is 0.0239. The van der Waals surface area contributed by atoms with Crippen LogP contribution in [0, 0.1) is 5.82 Å². The Hall–Kier alpha value is -1.92. The van der Waals surface area contributed by atoms with E-state index in [1.807, 2.05) is 0 Å². The van der Waals surface area contributed by atoms with Gasteiger partial charge in [0.2, 0.25) is 5.88 Å². The Morgan fingerprint density at radius 2 is 2.16 bits per heavy atom. The number of anilines is 2. The molecule has 0 bridgehead atoms. The lowest BCUT2D eigenvalue weighted by Crippen LogP contribution is -2.04. The van der Waals surface area contributed by atoms with Gasteiger partial charge in [-0.05, 0) is 18.2 Å². The summed E-state index contributed by atoms with van der Waals surface area (Å²) < 4.78 is 18.2. The van der Waals surface area contributed by atoms with Gasteiger partial charge in [0.25, 0.3) is 0 Å². The summed E-state index contributed by atoms with van der Waals surface area (Å²) in [5.74, 6) is 0.326. The number of rotatable bonds is 5. The van der Waals surface area contributed by atoms with Gasteiger partial charge >= 0.3 is 0 Å². The van der Waals surface area contributed by atoms with Crippen LogP contribution in [0.3, 0.4) is 0 Å². The van der Waals surface area contributed by atoms with E-state index in [4.69, 9.17) is 21.4 Å². The summed E-state index contributed by atoms with van der Waals surface area (Å²) in [6.07, 6.45) is 1.32. The normalized spacial score (nSPS) is 10.3. The summed E-state index contributed by atoms with van der Waals surface area (Å²) in [5.41, 5.74) is 0.596. The maximum atomic E-state index is 13.0. The van der Waals surface area contributed by atoms with Gasteiger partial charge in [-0.25, -0.2) is 14.4 Å². The average Bonchev–Trinajstić information content (AvgIpc) is 2.41. The second-order valence-corrected chi connectivity index (χ2v) is 3.97. The first-order chi connectivity index (χ1) is 9.19. The second kappa shape index (κ2) is 6.31. The van der Waals surface area contributed by atoms with Crippen LogP contribution in [0.15, 0.2) is 30.6 Å². The number of nitrogens with zero attached hydrogens (tertiary/aromatic N) is 2. The van der Waals surface area contributed by atoms with Crippen LogP contribution in [0.25, 0.3) is 0 Å². The molecule has 100 valence electrons. The fourth-order valence-electron chi connectivity index (χ4n) is 1.36. The van der Waals surface area contributed by atoms with Crippen molar-refractivity contribution < 1.29 is 14.2 Å². The fourth-order valence-corrected chi connectivity index (χ4v) is 1.54. The zero-order chi connectivity index (χ0) is 13.7. The molecule has 0 spiro atoms. The minimum atomic E-state index is -0.484. The Kier molecular flexibility index (Phi) is 4.48. The highest BCUT2D eigenvalue weighted by molar-refractivity contribution is 6.31. The topological polar surface area (TPSA) is 67.3 Å². The first-order valence-electron chi connectivity index (χ1n) is 5.47. The Labute approximate surface area is 114 Å². The van der Waals surface area contributed by atoms with Crippen molar-refractivity contribution in [3.05, 3.63) is 41.4 Å². The molecule has 2 N–H and O–H groups in total. The predicted octanol–water partition coefficient (Wildman–Crippen LogP) is 2.38. The third kappa shape index (κ3) is 3.77. The van der Waals surface area contributed by atoms with Crippen molar-refractivity contribution in [2.45, 2.75) is 0 Å². The van der Waals surface area contributed by atoms with Gasteiger partial charge in [-0.2, -0.15) is 0 Å². The van der Waals surface area contributed by atoms with Gasteiger partial charge in [0.15, 0.2) is 0 Å². The lowest BCUT2D eigenvalue weighted by molar-refractivity contribution is 0.196. The molecule has 0 radical (unpaired) electrons. The number of hydrogen-bond donors (Lipinski definition) is 2. The molecule has 5 nitrogen and oxygen atoms in total. The van der Waals surface area contributed by atoms with Crippen molar-refractivity contribution in [3.63, 3.8) is 0 Å². The Morgan fingerprint density at radius 1 is 1.32 bits per heavy atom. The molecule has 0 fully saturated rings. The summed E-state index contributed by atoms with van der Waals surface area (Å²) in [4.78, 5) is 7.87. The molecule has 0 aliphatic rings. The number of halogens is 2.